The summed E-state index contributed by atoms with van der Waals surface area (Å²) < 4.78 is 5.85. The highest BCUT2D eigenvalue weighted by Crippen LogP contribution is 2.30. The monoisotopic (exact) mass is 383 g/mol. The van der Waals surface area contributed by atoms with E-state index in [1.807, 2.05) is 18.2 Å². The molecule has 7 heteroatoms. The normalized spacial score (nSPS) is 14.7. The molecule has 7 nitrogen and oxygen atoms in total. The molecular weight excluding hydrogens is 358 g/mol. The Kier molecular flexibility index (Phi) is 6.60. The van der Waals surface area contributed by atoms with Crippen LogP contribution in [0.2, 0.25) is 0 Å². The minimum atomic E-state index is -0.494. The largest absolute Gasteiger partial charge is 0.457 e. The lowest BCUT2D eigenvalue weighted by atomic mass is 9.96. The van der Waals surface area contributed by atoms with E-state index in [1.54, 1.807) is 17.0 Å². The molecule has 2 aromatic carbocycles. The first kappa shape index (κ1) is 19.8. The number of likely N-dealkylation sites (tertiary alicyclic amines) is 1. The second kappa shape index (κ2) is 9.32. The van der Waals surface area contributed by atoms with Crippen LogP contribution in [-0.2, 0) is 0 Å². The second-order valence-electron chi connectivity index (χ2n) is 6.90. The summed E-state index contributed by atoms with van der Waals surface area (Å²) in [5.41, 5.74) is 0.106. The molecule has 148 valence electrons. The maximum atomic E-state index is 13.1. The van der Waals surface area contributed by atoms with Crippen LogP contribution in [-0.4, -0.2) is 41.9 Å². The fourth-order valence-electron chi connectivity index (χ4n) is 3.36. The fourth-order valence-corrected chi connectivity index (χ4v) is 3.36. The third kappa shape index (κ3) is 4.86. The predicted octanol–water partition coefficient (Wildman–Crippen LogP) is 3.85. The first-order valence-corrected chi connectivity index (χ1v) is 9.59. The van der Waals surface area contributed by atoms with Gasteiger partial charge in [0.25, 0.3) is 11.6 Å². The highest BCUT2D eigenvalue weighted by atomic mass is 16.6. The molecule has 1 fully saturated rings. The van der Waals surface area contributed by atoms with Crippen LogP contribution in [0.3, 0.4) is 0 Å². The minimum Gasteiger partial charge on any atom is -0.457 e. The summed E-state index contributed by atoms with van der Waals surface area (Å²) in [6, 6.07) is 13.3. The maximum absolute atomic E-state index is 13.1. The van der Waals surface area contributed by atoms with Crippen LogP contribution in [0.4, 0.5) is 5.69 Å². The molecule has 0 spiro atoms. The van der Waals surface area contributed by atoms with Crippen LogP contribution in [0.5, 0.6) is 11.5 Å². The predicted molar refractivity (Wildman–Crippen MR) is 107 cm³/mol. The lowest BCUT2D eigenvalue weighted by Crippen LogP contribution is -2.40. The summed E-state index contributed by atoms with van der Waals surface area (Å²) in [4.78, 5) is 25.6. The van der Waals surface area contributed by atoms with Crippen molar-refractivity contribution >= 4 is 11.6 Å². The molecule has 1 aliphatic rings. The zero-order valence-corrected chi connectivity index (χ0v) is 16.0. The van der Waals surface area contributed by atoms with Gasteiger partial charge in [0, 0.05) is 25.2 Å². The maximum Gasteiger partial charge on any atom is 0.270 e. The van der Waals surface area contributed by atoms with Gasteiger partial charge in [0.05, 0.1) is 10.5 Å². The van der Waals surface area contributed by atoms with Crippen LogP contribution in [0.15, 0.2) is 48.5 Å². The Morgan fingerprint density at radius 2 is 1.93 bits per heavy atom. The zero-order valence-electron chi connectivity index (χ0n) is 16.0. The second-order valence-corrected chi connectivity index (χ2v) is 6.90. The Labute approximate surface area is 164 Å². The van der Waals surface area contributed by atoms with Gasteiger partial charge in [-0.1, -0.05) is 25.1 Å². The molecule has 2 aromatic rings. The molecule has 0 aromatic heterocycles. The number of hydrogen-bond acceptors (Lipinski definition) is 5. The molecule has 1 saturated heterocycles. The highest BCUT2D eigenvalue weighted by Gasteiger charge is 2.27. The Hall–Kier alpha value is -2.93. The molecule has 0 aliphatic carbocycles. The van der Waals surface area contributed by atoms with Gasteiger partial charge in [0.2, 0.25) is 0 Å². The SMILES string of the molecule is CCNCC1CCN(C(=O)c2cc([N+](=O)[O-])ccc2Oc2ccccc2)CC1. The van der Waals surface area contributed by atoms with Crippen LogP contribution < -0.4 is 10.1 Å². The van der Waals surface area contributed by atoms with Crippen molar-refractivity contribution in [2.75, 3.05) is 26.2 Å². The Morgan fingerprint density at radius 3 is 2.57 bits per heavy atom. The van der Waals surface area contributed by atoms with Crippen LogP contribution in [0.1, 0.15) is 30.1 Å². The van der Waals surface area contributed by atoms with E-state index in [0.29, 0.717) is 30.5 Å². The molecule has 1 amide bonds. The number of non-ortho nitro benzene ring substituents is 1. The van der Waals surface area contributed by atoms with Crippen molar-refractivity contribution < 1.29 is 14.5 Å². The van der Waals surface area contributed by atoms with E-state index in [9.17, 15) is 14.9 Å². The van der Waals surface area contributed by atoms with Gasteiger partial charge >= 0.3 is 0 Å². The van der Waals surface area contributed by atoms with E-state index >= 15 is 0 Å². The number of nitro benzene ring substituents is 1. The van der Waals surface area contributed by atoms with Crippen LogP contribution in [0.25, 0.3) is 0 Å². The summed E-state index contributed by atoms with van der Waals surface area (Å²) in [5, 5.41) is 14.5. The van der Waals surface area contributed by atoms with Gasteiger partial charge in [0.1, 0.15) is 11.5 Å². The molecule has 1 N–H and O–H groups in total. The number of nitrogens with one attached hydrogen (secondary N) is 1. The van der Waals surface area contributed by atoms with Gasteiger partial charge in [-0.25, -0.2) is 0 Å². The van der Waals surface area contributed by atoms with Gasteiger partial charge in [-0.05, 0) is 50.0 Å². The number of para-hydroxylation sites is 1. The van der Waals surface area contributed by atoms with E-state index in [0.717, 1.165) is 25.9 Å². The van der Waals surface area contributed by atoms with Crippen molar-refractivity contribution in [2.45, 2.75) is 19.8 Å². The molecule has 0 radical (unpaired) electrons. The summed E-state index contributed by atoms with van der Waals surface area (Å²) in [7, 11) is 0. The Morgan fingerprint density at radius 1 is 1.21 bits per heavy atom. The molecule has 1 aliphatic heterocycles. The number of nitrogens with zero attached hydrogens (tertiary/aromatic N) is 2. The molecular formula is C21H25N3O4. The van der Waals surface area contributed by atoms with Crippen molar-refractivity contribution in [3.05, 3.63) is 64.2 Å². The highest BCUT2D eigenvalue weighted by molar-refractivity contribution is 5.97. The van der Waals surface area contributed by atoms with E-state index in [2.05, 4.69) is 12.2 Å². The van der Waals surface area contributed by atoms with Gasteiger partial charge in [0.15, 0.2) is 0 Å². The van der Waals surface area contributed by atoms with E-state index in [-0.39, 0.29) is 17.2 Å². The number of nitro groups is 1. The molecule has 0 saturated carbocycles. The van der Waals surface area contributed by atoms with Crippen molar-refractivity contribution in [3.8, 4) is 11.5 Å². The lowest BCUT2D eigenvalue weighted by Gasteiger charge is -2.32. The summed E-state index contributed by atoms with van der Waals surface area (Å²) in [6.07, 6.45) is 1.84. The minimum absolute atomic E-state index is 0.120. The smallest absolute Gasteiger partial charge is 0.270 e. The molecule has 3 rings (SSSR count). The molecule has 0 bridgehead atoms. The lowest BCUT2D eigenvalue weighted by molar-refractivity contribution is -0.384. The Balaban J connectivity index is 1.79. The third-order valence-corrected chi connectivity index (χ3v) is 4.96. The molecule has 1 heterocycles. The fraction of sp³-hybridized carbons (Fsp3) is 0.381. The zero-order chi connectivity index (χ0) is 19.9. The average Bonchev–Trinajstić information content (AvgIpc) is 2.73. The number of benzene rings is 2. The molecule has 28 heavy (non-hydrogen) atoms. The number of piperidine rings is 1. The van der Waals surface area contributed by atoms with Crippen LogP contribution in [0, 0.1) is 16.0 Å². The quantitative estimate of drug-likeness (QED) is 0.580. The van der Waals surface area contributed by atoms with Crippen molar-refractivity contribution in [1.82, 2.24) is 10.2 Å². The number of amides is 1. The van der Waals surface area contributed by atoms with Crippen LogP contribution >= 0.6 is 0 Å². The first-order chi connectivity index (χ1) is 13.6. The first-order valence-electron chi connectivity index (χ1n) is 9.59. The van der Waals surface area contributed by atoms with Crippen molar-refractivity contribution in [1.29, 1.82) is 0 Å². The van der Waals surface area contributed by atoms with E-state index in [4.69, 9.17) is 4.74 Å². The number of carbonyl (C=O) groups is 1. The third-order valence-electron chi connectivity index (χ3n) is 4.96. The summed E-state index contributed by atoms with van der Waals surface area (Å²) in [5.74, 6) is 1.23. The van der Waals surface area contributed by atoms with Gasteiger partial charge < -0.3 is 15.0 Å². The van der Waals surface area contributed by atoms with Crippen molar-refractivity contribution in [2.24, 2.45) is 5.92 Å². The number of ether oxygens (including phenoxy) is 1. The van der Waals surface area contributed by atoms with Gasteiger partial charge in [-0.3, -0.25) is 14.9 Å². The average molecular weight is 383 g/mol. The van der Waals surface area contributed by atoms with E-state index < -0.39 is 4.92 Å². The summed E-state index contributed by atoms with van der Waals surface area (Å²) >= 11 is 0. The van der Waals surface area contributed by atoms with Gasteiger partial charge in [-0.2, -0.15) is 0 Å². The van der Waals surface area contributed by atoms with Crippen molar-refractivity contribution in [3.63, 3.8) is 0 Å². The molecule has 0 atom stereocenters. The topological polar surface area (TPSA) is 84.7 Å². The number of rotatable bonds is 7. The Bertz CT molecular complexity index is 818. The molecule has 0 unspecified atom stereocenters. The number of carbonyl (C=O) groups excluding carboxylic acids is 1. The summed E-state index contributed by atoms with van der Waals surface area (Å²) in [6.45, 7) is 5.25. The van der Waals surface area contributed by atoms with Gasteiger partial charge in [-0.15, -0.1) is 0 Å². The standard InChI is InChI=1S/C21H25N3O4/c1-2-22-15-16-10-12-23(13-11-16)21(25)19-14-17(24(26)27)8-9-20(19)28-18-6-4-3-5-7-18/h3-9,14,16,22H,2,10-13,15H2,1H3. The van der Waals surface area contributed by atoms with E-state index in [1.165, 1.54) is 18.2 Å². The number of hydrogen-bond donors (Lipinski definition) is 1.